The van der Waals surface area contributed by atoms with E-state index >= 15 is 0 Å². The summed E-state index contributed by atoms with van der Waals surface area (Å²) in [5, 5.41) is 0. The number of fused-ring (bicyclic) bond motifs is 1. The van der Waals surface area contributed by atoms with Crippen molar-refractivity contribution < 1.29 is 4.79 Å². The summed E-state index contributed by atoms with van der Waals surface area (Å²) in [7, 11) is 4.17. The second kappa shape index (κ2) is 8.84. The fourth-order valence-corrected chi connectivity index (χ4v) is 4.44. The minimum Gasteiger partial charge on any atom is -0.322 e. The van der Waals surface area contributed by atoms with Gasteiger partial charge in [0.25, 0.3) is 0 Å². The van der Waals surface area contributed by atoms with E-state index in [9.17, 15) is 4.79 Å². The third-order valence-corrected chi connectivity index (χ3v) is 5.78. The maximum absolute atomic E-state index is 13.8. The predicted molar refractivity (Wildman–Crippen MR) is 105 cm³/mol. The van der Waals surface area contributed by atoms with E-state index in [2.05, 4.69) is 68.9 Å². The smallest absolute Gasteiger partial charge is 0.234 e. The third-order valence-electron chi connectivity index (χ3n) is 5.78. The molecule has 25 heavy (non-hydrogen) atoms. The van der Waals surface area contributed by atoms with Crippen LogP contribution in [0.1, 0.15) is 76.8 Å². The molecular weight excluding hydrogens is 308 g/mol. The number of unbranched alkanes of at least 4 members (excludes halogenated alkanes) is 2. The van der Waals surface area contributed by atoms with Gasteiger partial charge in [-0.1, -0.05) is 70.7 Å². The number of hydrogen-bond donors (Lipinski definition) is 0. The number of carbonyl (C=O) groups is 1. The molecule has 0 N–H and O–H groups in total. The van der Waals surface area contributed by atoms with Crippen molar-refractivity contribution in [3.63, 3.8) is 0 Å². The second-order valence-electron chi connectivity index (χ2n) is 7.73. The molecule has 1 aromatic carbocycles. The molecule has 3 nitrogen and oxygen atoms in total. The fraction of sp³-hybridized carbons (Fsp3) is 0.682. The molecule has 1 aliphatic rings. The second-order valence-corrected chi connectivity index (χ2v) is 7.73. The number of rotatable bonds is 9. The van der Waals surface area contributed by atoms with Gasteiger partial charge in [-0.2, -0.15) is 0 Å². The Morgan fingerprint density at radius 2 is 1.68 bits per heavy atom. The average molecular weight is 345 g/mol. The first-order valence-corrected chi connectivity index (χ1v) is 10.1. The largest absolute Gasteiger partial charge is 0.322 e. The van der Waals surface area contributed by atoms with Gasteiger partial charge in [0, 0.05) is 6.54 Å². The van der Waals surface area contributed by atoms with Crippen molar-refractivity contribution in [3.05, 3.63) is 35.4 Å². The molecule has 0 fully saturated rings. The van der Waals surface area contributed by atoms with Crippen LogP contribution in [-0.4, -0.2) is 36.0 Å². The summed E-state index contributed by atoms with van der Waals surface area (Å²) in [5.74, 6) is 0.355. The first kappa shape index (κ1) is 20.0. The molecule has 140 valence electrons. The zero-order chi connectivity index (χ0) is 18.4. The first-order valence-electron chi connectivity index (χ1n) is 10.1. The van der Waals surface area contributed by atoms with Crippen LogP contribution in [0.2, 0.25) is 0 Å². The standard InChI is InChI=1S/C22H36N2O/c1-6-9-15-22(16-10-7-2)19-14-12-11-13-18(19)17-24(21(22)25)20(8-3)23(4)5/h11-14,20H,6-10,15-17H2,1-5H3. The van der Waals surface area contributed by atoms with Gasteiger partial charge in [-0.25, -0.2) is 0 Å². The number of nitrogens with zero attached hydrogens (tertiary/aromatic N) is 2. The van der Waals surface area contributed by atoms with Crippen molar-refractivity contribution in [2.45, 2.75) is 83.8 Å². The lowest BCUT2D eigenvalue weighted by Gasteiger charge is -2.47. The normalized spacial score (nSPS) is 17.7. The highest BCUT2D eigenvalue weighted by Crippen LogP contribution is 2.43. The van der Waals surface area contributed by atoms with Gasteiger partial charge in [-0.05, 0) is 44.5 Å². The summed E-state index contributed by atoms with van der Waals surface area (Å²) in [6, 6.07) is 8.67. The molecule has 1 heterocycles. The highest BCUT2D eigenvalue weighted by molar-refractivity contribution is 5.90. The lowest BCUT2D eigenvalue weighted by Crippen LogP contribution is -2.57. The molecule has 0 saturated heterocycles. The SMILES string of the molecule is CCCCC1(CCCC)C(=O)N(C(CC)N(C)C)Cc2ccccc21. The Bertz CT molecular complexity index is 559. The molecule has 2 rings (SSSR count). The van der Waals surface area contributed by atoms with Gasteiger partial charge < -0.3 is 4.90 Å². The van der Waals surface area contributed by atoms with Crippen molar-refractivity contribution in [1.82, 2.24) is 9.80 Å². The van der Waals surface area contributed by atoms with E-state index in [4.69, 9.17) is 0 Å². The van der Waals surface area contributed by atoms with Gasteiger partial charge in [-0.15, -0.1) is 0 Å². The van der Waals surface area contributed by atoms with Gasteiger partial charge in [0.1, 0.15) is 0 Å². The summed E-state index contributed by atoms with van der Waals surface area (Å²) in [4.78, 5) is 18.2. The molecule has 0 bridgehead atoms. The van der Waals surface area contributed by atoms with Crippen molar-refractivity contribution in [2.24, 2.45) is 0 Å². The average Bonchev–Trinajstić information content (AvgIpc) is 2.61. The van der Waals surface area contributed by atoms with Gasteiger partial charge in [0.05, 0.1) is 11.6 Å². The third kappa shape index (κ3) is 3.92. The number of benzene rings is 1. The Labute approximate surface area is 154 Å². The lowest BCUT2D eigenvalue weighted by molar-refractivity contribution is -0.147. The summed E-state index contributed by atoms with van der Waals surface area (Å²) < 4.78 is 0. The summed E-state index contributed by atoms with van der Waals surface area (Å²) >= 11 is 0. The van der Waals surface area contributed by atoms with Gasteiger partial charge in [0.15, 0.2) is 0 Å². The van der Waals surface area contributed by atoms with Crippen LogP contribution in [0.3, 0.4) is 0 Å². The van der Waals surface area contributed by atoms with Crippen molar-refractivity contribution in [2.75, 3.05) is 14.1 Å². The molecule has 1 amide bonds. The lowest BCUT2D eigenvalue weighted by atomic mass is 9.68. The van der Waals surface area contributed by atoms with E-state index in [1.54, 1.807) is 0 Å². The van der Waals surface area contributed by atoms with Crippen molar-refractivity contribution in [1.29, 1.82) is 0 Å². The van der Waals surface area contributed by atoms with E-state index in [-0.39, 0.29) is 11.6 Å². The van der Waals surface area contributed by atoms with Crippen LogP contribution < -0.4 is 0 Å². The molecule has 0 aliphatic carbocycles. The number of hydrogen-bond acceptors (Lipinski definition) is 2. The Kier molecular flexibility index (Phi) is 7.06. The molecule has 3 heteroatoms. The molecule has 1 aromatic rings. The fourth-order valence-electron chi connectivity index (χ4n) is 4.44. The van der Waals surface area contributed by atoms with Gasteiger partial charge >= 0.3 is 0 Å². The van der Waals surface area contributed by atoms with Crippen LogP contribution in [0.5, 0.6) is 0 Å². The summed E-state index contributed by atoms with van der Waals surface area (Å²) in [5.41, 5.74) is 2.31. The monoisotopic (exact) mass is 344 g/mol. The van der Waals surface area contributed by atoms with E-state index < -0.39 is 0 Å². The number of carbonyl (C=O) groups excluding carboxylic acids is 1. The van der Waals surface area contributed by atoms with Crippen LogP contribution in [0, 0.1) is 0 Å². The minimum atomic E-state index is -0.329. The van der Waals surface area contributed by atoms with E-state index in [0.29, 0.717) is 5.91 Å². The molecule has 0 saturated carbocycles. The predicted octanol–water partition coefficient (Wildman–Crippen LogP) is 4.94. The van der Waals surface area contributed by atoms with Gasteiger partial charge in [0.2, 0.25) is 5.91 Å². The maximum atomic E-state index is 13.8. The molecule has 0 spiro atoms. The molecular formula is C22H36N2O. The van der Waals surface area contributed by atoms with Crippen molar-refractivity contribution >= 4 is 5.91 Å². The molecule has 1 unspecified atom stereocenters. The summed E-state index contributed by atoms with van der Waals surface area (Å²) in [6.07, 6.45) is 7.55. The van der Waals surface area contributed by atoms with Crippen LogP contribution in [0.25, 0.3) is 0 Å². The molecule has 0 radical (unpaired) electrons. The van der Waals surface area contributed by atoms with Crippen LogP contribution in [0.15, 0.2) is 24.3 Å². The zero-order valence-electron chi connectivity index (χ0n) is 16.8. The van der Waals surface area contributed by atoms with E-state index in [1.807, 2.05) is 0 Å². The van der Waals surface area contributed by atoms with E-state index in [0.717, 1.165) is 51.5 Å². The maximum Gasteiger partial charge on any atom is 0.234 e. The molecule has 1 aliphatic heterocycles. The first-order chi connectivity index (χ1) is 12.0. The van der Waals surface area contributed by atoms with Crippen molar-refractivity contribution in [3.8, 4) is 0 Å². The topological polar surface area (TPSA) is 23.6 Å². The van der Waals surface area contributed by atoms with Crippen LogP contribution in [-0.2, 0) is 16.8 Å². The molecule has 0 aromatic heterocycles. The Morgan fingerprint density at radius 3 is 2.20 bits per heavy atom. The van der Waals surface area contributed by atoms with Crippen LogP contribution >= 0.6 is 0 Å². The minimum absolute atomic E-state index is 0.170. The quantitative estimate of drug-likeness (QED) is 0.633. The Morgan fingerprint density at radius 1 is 1.08 bits per heavy atom. The van der Waals surface area contributed by atoms with Crippen LogP contribution in [0.4, 0.5) is 0 Å². The van der Waals surface area contributed by atoms with Gasteiger partial charge in [-0.3, -0.25) is 9.69 Å². The molecule has 1 atom stereocenters. The zero-order valence-corrected chi connectivity index (χ0v) is 16.8. The highest BCUT2D eigenvalue weighted by atomic mass is 16.2. The Balaban J connectivity index is 2.54. The summed E-state index contributed by atoms with van der Waals surface area (Å²) in [6.45, 7) is 7.36. The van der Waals surface area contributed by atoms with E-state index in [1.165, 1.54) is 11.1 Å². The number of amides is 1. The Hall–Kier alpha value is -1.35. The highest BCUT2D eigenvalue weighted by Gasteiger charge is 2.47.